The van der Waals surface area contributed by atoms with Crippen molar-refractivity contribution in [3.05, 3.63) is 58.3 Å². The Balaban J connectivity index is 1.65. The number of amides is 1. The molecule has 1 aliphatic rings. The summed E-state index contributed by atoms with van der Waals surface area (Å²) in [5.74, 6) is 0.0692. The highest BCUT2D eigenvalue weighted by Gasteiger charge is 2.22. The first-order valence-electron chi connectivity index (χ1n) is 7.35. The molecule has 1 aromatic heterocycles. The number of anilines is 1. The van der Waals surface area contributed by atoms with Gasteiger partial charge in [-0.3, -0.25) is 9.78 Å². The first kappa shape index (κ1) is 15.0. The van der Waals surface area contributed by atoms with E-state index in [1.54, 1.807) is 18.5 Å². The van der Waals surface area contributed by atoms with E-state index in [-0.39, 0.29) is 5.91 Å². The predicted octanol–water partition coefficient (Wildman–Crippen LogP) is 3.11. The fraction of sp³-hybridized carbons (Fsp3) is 0.294. The summed E-state index contributed by atoms with van der Waals surface area (Å²) in [4.78, 5) is 20.6. The third kappa shape index (κ3) is 3.14. The number of aryl methyl sites for hydroxylation is 1. The van der Waals surface area contributed by atoms with Gasteiger partial charge in [0.05, 0.1) is 5.56 Å². The summed E-state index contributed by atoms with van der Waals surface area (Å²) in [6, 6.07) is 10.0. The number of pyridine rings is 1. The van der Waals surface area contributed by atoms with E-state index in [0.717, 1.165) is 30.7 Å². The Kier molecular flexibility index (Phi) is 4.43. The Hall–Kier alpha value is -1.88. The molecule has 0 radical (unpaired) electrons. The quantitative estimate of drug-likeness (QED) is 0.826. The molecule has 0 unspecified atom stereocenters. The second-order valence-electron chi connectivity index (χ2n) is 5.45. The predicted molar refractivity (Wildman–Crippen MR) is 91.2 cm³/mol. The highest BCUT2D eigenvalue weighted by Crippen LogP contribution is 2.24. The van der Waals surface area contributed by atoms with Crippen LogP contribution in [0.15, 0.2) is 47.2 Å². The van der Waals surface area contributed by atoms with Gasteiger partial charge in [0.25, 0.3) is 5.91 Å². The summed E-state index contributed by atoms with van der Waals surface area (Å²) in [6.45, 7) is 5.28. The van der Waals surface area contributed by atoms with Crippen LogP contribution in [0.3, 0.4) is 0 Å². The van der Waals surface area contributed by atoms with Crippen LogP contribution in [0, 0.1) is 6.92 Å². The van der Waals surface area contributed by atoms with Crippen LogP contribution in [0.2, 0.25) is 0 Å². The van der Waals surface area contributed by atoms with Crippen LogP contribution in [0.1, 0.15) is 15.9 Å². The second kappa shape index (κ2) is 6.48. The van der Waals surface area contributed by atoms with Crippen LogP contribution in [0.5, 0.6) is 0 Å². The number of halogens is 1. The lowest BCUT2D eigenvalue weighted by molar-refractivity contribution is 0.0746. The van der Waals surface area contributed by atoms with E-state index < -0.39 is 0 Å². The molecule has 1 fully saturated rings. The fourth-order valence-electron chi connectivity index (χ4n) is 2.67. The Labute approximate surface area is 138 Å². The molecule has 0 spiro atoms. The summed E-state index contributed by atoms with van der Waals surface area (Å²) in [5, 5.41) is 0. The number of aromatic nitrogens is 1. The van der Waals surface area contributed by atoms with Crippen LogP contribution in [-0.2, 0) is 0 Å². The Bertz CT molecular complexity index is 667. The number of rotatable bonds is 2. The molecule has 0 aliphatic carbocycles. The average molecular weight is 360 g/mol. The molecular weight excluding hydrogens is 342 g/mol. The normalized spacial score (nSPS) is 15.0. The summed E-state index contributed by atoms with van der Waals surface area (Å²) < 4.78 is 1.13. The minimum absolute atomic E-state index is 0.0692. The lowest BCUT2D eigenvalue weighted by atomic mass is 10.1. The summed E-state index contributed by atoms with van der Waals surface area (Å²) >= 11 is 3.53. The molecule has 22 heavy (non-hydrogen) atoms. The van der Waals surface area contributed by atoms with Crippen molar-refractivity contribution in [2.45, 2.75) is 6.92 Å². The van der Waals surface area contributed by atoms with Gasteiger partial charge in [-0.05, 0) is 42.8 Å². The SMILES string of the molecule is Cc1cc(N2CCN(C(=O)c3cccnc3)CC2)ccc1Br. The number of piperazine rings is 1. The smallest absolute Gasteiger partial charge is 0.255 e. The zero-order chi connectivity index (χ0) is 15.5. The van der Waals surface area contributed by atoms with Crippen LogP contribution in [0.4, 0.5) is 5.69 Å². The molecule has 0 saturated carbocycles. The van der Waals surface area contributed by atoms with Crippen molar-refractivity contribution in [3.8, 4) is 0 Å². The van der Waals surface area contributed by atoms with Crippen LogP contribution in [0.25, 0.3) is 0 Å². The molecule has 1 aromatic carbocycles. The number of hydrogen-bond acceptors (Lipinski definition) is 3. The molecule has 1 amide bonds. The molecule has 0 atom stereocenters. The zero-order valence-electron chi connectivity index (χ0n) is 12.5. The molecule has 0 N–H and O–H groups in total. The van der Waals surface area contributed by atoms with Crippen molar-refractivity contribution in [3.63, 3.8) is 0 Å². The first-order chi connectivity index (χ1) is 10.6. The van der Waals surface area contributed by atoms with Gasteiger partial charge < -0.3 is 9.80 Å². The van der Waals surface area contributed by atoms with Gasteiger partial charge in [-0.2, -0.15) is 0 Å². The molecule has 2 aromatic rings. The third-order valence-electron chi connectivity index (χ3n) is 3.98. The summed E-state index contributed by atoms with van der Waals surface area (Å²) in [5.41, 5.74) is 3.11. The van der Waals surface area contributed by atoms with Gasteiger partial charge in [0.1, 0.15) is 0 Å². The minimum Gasteiger partial charge on any atom is -0.368 e. The standard InChI is InChI=1S/C17H18BrN3O/c1-13-11-15(4-5-16(13)18)20-7-9-21(10-8-20)17(22)14-3-2-6-19-12-14/h2-6,11-12H,7-10H2,1H3. The van der Waals surface area contributed by atoms with Gasteiger partial charge in [0.15, 0.2) is 0 Å². The largest absolute Gasteiger partial charge is 0.368 e. The van der Waals surface area contributed by atoms with Gasteiger partial charge in [-0.15, -0.1) is 0 Å². The molecule has 114 valence electrons. The van der Waals surface area contributed by atoms with Gasteiger partial charge >= 0.3 is 0 Å². The third-order valence-corrected chi connectivity index (χ3v) is 4.87. The number of carbonyl (C=O) groups excluding carboxylic acids is 1. The number of nitrogens with zero attached hydrogens (tertiary/aromatic N) is 3. The summed E-state index contributed by atoms with van der Waals surface area (Å²) in [7, 11) is 0. The van der Waals surface area contributed by atoms with E-state index in [4.69, 9.17) is 0 Å². The number of carbonyl (C=O) groups is 1. The van der Waals surface area contributed by atoms with Gasteiger partial charge in [-0.1, -0.05) is 15.9 Å². The Morgan fingerprint density at radius 3 is 2.59 bits per heavy atom. The number of benzene rings is 1. The molecule has 5 heteroatoms. The van der Waals surface area contributed by atoms with Crippen molar-refractivity contribution >= 4 is 27.5 Å². The van der Waals surface area contributed by atoms with Crippen molar-refractivity contribution in [2.75, 3.05) is 31.1 Å². The van der Waals surface area contributed by atoms with E-state index in [1.165, 1.54) is 11.3 Å². The maximum atomic E-state index is 12.4. The van der Waals surface area contributed by atoms with Gasteiger partial charge in [-0.25, -0.2) is 0 Å². The van der Waals surface area contributed by atoms with Crippen molar-refractivity contribution in [1.29, 1.82) is 0 Å². The van der Waals surface area contributed by atoms with E-state index in [9.17, 15) is 4.79 Å². The molecule has 3 rings (SSSR count). The second-order valence-corrected chi connectivity index (χ2v) is 6.31. The fourth-order valence-corrected chi connectivity index (χ4v) is 2.91. The monoisotopic (exact) mass is 359 g/mol. The molecule has 4 nitrogen and oxygen atoms in total. The number of hydrogen-bond donors (Lipinski definition) is 0. The van der Waals surface area contributed by atoms with E-state index in [0.29, 0.717) is 5.56 Å². The Morgan fingerprint density at radius 2 is 1.95 bits per heavy atom. The van der Waals surface area contributed by atoms with Crippen LogP contribution < -0.4 is 4.90 Å². The van der Waals surface area contributed by atoms with Gasteiger partial charge in [0.2, 0.25) is 0 Å². The zero-order valence-corrected chi connectivity index (χ0v) is 14.1. The van der Waals surface area contributed by atoms with Crippen LogP contribution in [-0.4, -0.2) is 42.0 Å². The van der Waals surface area contributed by atoms with Crippen molar-refractivity contribution in [2.24, 2.45) is 0 Å². The molecule has 0 bridgehead atoms. The van der Waals surface area contributed by atoms with E-state index in [1.807, 2.05) is 11.0 Å². The summed E-state index contributed by atoms with van der Waals surface area (Å²) in [6.07, 6.45) is 3.32. The lowest BCUT2D eigenvalue weighted by Crippen LogP contribution is -2.48. The van der Waals surface area contributed by atoms with Crippen molar-refractivity contribution in [1.82, 2.24) is 9.88 Å². The molecular formula is C17H18BrN3O. The maximum Gasteiger partial charge on any atom is 0.255 e. The molecule has 1 aliphatic heterocycles. The highest BCUT2D eigenvalue weighted by molar-refractivity contribution is 9.10. The van der Waals surface area contributed by atoms with E-state index >= 15 is 0 Å². The van der Waals surface area contributed by atoms with Crippen molar-refractivity contribution < 1.29 is 4.79 Å². The topological polar surface area (TPSA) is 36.4 Å². The van der Waals surface area contributed by atoms with Crippen LogP contribution >= 0.6 is 15.9 Å². The minimum atomic E-state index is 0.0692. The molecule has 1 saturated heterocycles. The Morgan fingerprint density at radius 1 is 1.18 bits per heavy atom. The van der Waals surface area contributed by atoms with E-state index in [2.05, 4.69) is 50.9 Å². The highest BCUT2D eigenvalue weighted by atomic mass is 79.9. The first-order valence-corrected chi connectivity index (χ1v) is 8.15. The molecule has 2 heterocycles. The maximum absolute atomic E-state index is 12.4. The average Bonchev–Trinajstić information content (AvgIpc) is 2.58. The van der Waals surface area contributed by atoms with Gasteiger partial charge in [0, 0.05) is 48.7 Å². The lowest BCUT2D eigenvalue weighted by Gasteiger charge is -2.36.